The molecule has 8 heteroatoms. The van der Waals surface area contributed by atoms with Crippen LogP contribution in [0, 0.1) is 0 Å². The minimum absolute atomic E-state index is 0. The summed E-state index contributed by atoms with van der Waals surface area (Å²) < 4.78 is 5.22. The number of nitrogens with zero attached hydrogens (tertiary/aromatic N) is 3. The van der Waals surface area contributed by atoms with Gasteiger partial charge in [0.1, 0.15) is 0 Å². The van der Waals surface area contributed by atoms with Crippen LogP contribution >= 0.6 is 12.4 Å². The molecule has 1 rings (SSSR count). The zero-order valence-corrected chi connectivity index (χ0v) is 9.95. The summed E-state index contributed by atoms with van der Waals surface area (Å²) >= 11 is 0. The third-order valence-electron chi connectivity index (χ3n) is 2.04. The predicted molar refractivity (Wildman–Crippen MR) is 66.8 cm³/mol. The van der Waals surface area contributed by atoms with Crippen molar-refractivity contribution in [3.8, 4) is 0 Å². The first-order chi connectivity index (χ1) is 7.18. The molecule has 6 N–H and O–H groups in total. The van der Waals surface area contributed by atoms with Gasteiger partial charge >= 0.3 is 0 Å². The monoisotopic (exact) mass is 250 g/mol. The Morgan fingerprint density at radius 1 is 1.19 bits per heavy atom. The molecule has 1 saturated heterocycles. The van der Waals surface area contributed by atoms with Crippen molar-refractivity contribution in [2.24, 2.45) is 27.2 Å². The van der Waals surface area contributed by atoms with Crippen molar-refractivity contribution < 1.29 is 4.74 Å². The third-order valence-corrected chi connectivity index (χ3v) is 2.04. The fraction of sp³-hybridized carbons (Fsp3) is 0.750. The van der Waals surface area contributed by atoms with E-state index in [1.54, 1.807) is 0 Å². The number of nitrogens with two attached hydrogens (primary N) is 3. The molecule has 7 nitrogen and oxygen atoms in total. The lowest BCUT2D eigenvalue weighted by Crippen LogP contribution is -2.38. The predicted octanol–water partition coefficient (Wildman–Crippen LogP) is -1.67. The standard InChI is InChI=1S/C8H18N6O.ClH/c9-7(10)13-8(11)12-1-2-14-3-5-15-6-4-14;/h1-6H2,(H6,9,10,11,12,13);1H. The number of aliphatic imine (C=N–C) groups is 2. The largest absolute Gasteiger partial charge is 0.379 e. The summed E-state index contributed by atoms with van der Waals surface area (Å²) in [5.74, 6) is 0.0610. The van der Waals surface area contributed by atoms with Crippen molar-refractivity contribution >= 4 is 24.3 Å². The van der Waals surface area contributed by atoms with Gasteiger partial charge in [0.05, 0.1) is 19.8 Å². The summed E-state index contributed by atoms with van der Waals surface area (Å²) in [6, 6.07) is 0. The molecule has 94 valence electrons. The van der Waals surface area contributed by atoms with Crippen LogP contribution in [0.5, 0.6) is 0 Å². The molecule has 0 aliphatic carbocycles. The highest BCUT2D eigenvalue weighted by Gasteiger charge is 2.08. The zero-order valence-electron chi connectivity index (χ0n) is 9.13. The molecule has 1 aliphatic heterocycles. The lowest BCUT2D eigenvalue weighted by molar-refractivity contribution is 0.0394. The SMILES string of the molecule is Cl.NC(N)=NC(N)=NCCN1CCOCC1. The first-order valence-electron chi connectivity index (χ1n) is 4.88. The van der Waals surface area contributed by atoms with Gasteiger partial charge in [0.2, 0.25) is 5.96 Å². The summed E-state index contributed by atoms with van der Waals surface area (Å²) in [6.45, 7) is 4.91. The lowest BCUT2D eigenvalue weighted by atomic mass is 10.4. The Morgan fingerprint density at radius 2 is 1.81 bits per heavy atom. The van der Waals surface area contributed by atoms with Crippen LogP contribution in [0.2, 0.25) is 0 Å². The molecule has 0 atom stereocenters. The van der Waals surface area contributed by atoms with Crippen LogP contribution in [-0.4, -0.2) is 56.2 Å². The average Bonchev–Trinajstić information content (AvgIpc) is 2.18. The minimum Gasteiger partial charge on any atom is -0.379 e. The maximum atomic E-state index is 5.45. The highest BCUT2D eigenvalue weighted by atomic mass is 35.5. The Morgan fingerprint density at radius 3 is 2.38 bits per heavy atom. The molecule has 0 bridgehead atoms. The molecule has 16 heavy (non-hydrogen) atoms. The second-order valence-electron chi connectivity index (χ2n) is 3.23. The number of morpholine rings is 1. The van der Waals surface area contributed by atoms with E-state index >= 15 is 0 Å². The van der Waals surface area contributed by atoms with E-state index < -0.39 is 0 Å². The molecule has 0 saturated carbocycles. The molecule has 0 aromatic carbocycles. The van der Waals surface area contributed by atoms with Crippen molar-refractivity contribution in [3.63, 3.8) is 0 Å². The smallest absolute Gasteiger partial charge is 0.218 e. The third kappa shape index (κ3) is 6.44. The summed E-state index contributed by atoms with van der Waals surface area (Å²) in [5, 5.41) is 0. The van der Waals surface area contributed by atoms with Crippen molar-refractivity contribution in [2.45, 2.75) is 0 Å². The Bertz CT molecular complexity index is 247. The topological polar surface area (TPSA) is 115 Å². The van der Waals surface area contributed by atoms with Gasteiger partial charge in [-0.25, -0.2) is 0 Å². The van der Waals surface area contributed by atoms with Gasteiger partial charge in [-0.2, -0.15) is 4.99 Å². The second kappa shape index (κ2) is 8.14. The molecule has 0 aromatic rings. The Labute approximate surface area is 101 Å². The van der Waals surface area contributed by atoms with Crippen LogP contribution in [-0.2, 0) is 4.74 Å². The normalized spacial score (nSPS) is 17.6. The van der Waals surface area contributed by atoms with E-state index in [0.717, 1.165) is 32.8 Å². The van der Waals surface area contributed by atoms with E-state index in [-0.39, 0.29) is 24.3 Å². The lowest BCUT2D eigenvalue weighted by Gasteiger charge is -2.25. The van der Waals surface area contributed by atoms with Crippen LogP contribution in [0.1, 0.15) is 0 Å². The van der Waals surface area contributed by atoms with Crippen LogP contribution in [0.15, 0.2) is 9.98 Å². The number of guanidine groups is 2. The van der Waals surface area contributed by atoms with Crippen LogP contribution in [0.4, 0.5) is 0 Å². The molecule has 0 spiro atoms. The molecule has 0 radical (unpaired) electrons. The second-order valence-corrected chi connectivity index (χ2v) is 3.23. The average molecular weight is 251 g/mol. The maximum absolute atomic E-state index is 5.45. The molecular formula is C8H19ClN6O. The van der Waals surface area contributed by atoms with Gasteiger partial charge in [0.25, 0.3) is 0 Å². The summed E-state index contributed by atoms with van der Waals surface area (Å²) in [4.78, 5) is 9.90. The Kier molecular flexibility index (Phi) is 7.61. The number of hydrogen-bond donors (Lipinski definition) is 3. The number of halogens is 1. The van der Waals surface area contributed by atoms with E-state index in [2.05, 4.69) is 14.9 Å². The summed E-state index contributed by atoms with van der Waals surface area (Å²) in [6.07, 6.45) is 0. The number of ether oxygens (including phenoxy) is 1. The summed E-state index contributed by atoms with van der Waals surface area (Å²) in [5.41, 5.74) is 15.7. The zero-order chi connectivity index (χ0) is 11.1. The fourth-order valence-electron chi connectivity index (χ4n) is 1.30. The van der Waals surface area contributed by atoms with Crippen molar-refractivity contribution in [1.82, 2.24) is 4.90 Å². The first-order valence-corrected chi connectivity index (χ1v) is 4.88. The van der Waals surface area contributed by atoms with Crippen molar-refractivity contribution in [2.75, 3.05) is 39.4 Å². The molecular weight excluding hydrogens is 232 g/mol. The van der Waals surface area contributed by atoms with Gasteiger partial charge in [0, 0.05) is 19.6 Å². The van der Waals surface area contributed by atoms with Gasteiger partial charge in [0.15, 0.2) is 5.96 Å². The number of hydrogen-bond acceptors (Lipinski definition) is 3. The van der Waals surface area contributed by atoms with Crippen LogP contribution in [0.25, 0.3) is 0 Å². The molecule has 1 aliphatic rings. The van der Waals surface area contributed by atoms with E-state index in [1.165, 1.54) is 0 Å². The molecule has 0 amide bonds. The van der Waals surface area contributed by atoms with Crippen molar-refractivity contribution in [1.29, 1.82) is 0 Å². The van der Waals surface area contributed by atoms with Gasteiger partial charge < -0.3 is 21.9 Å². The first kappa shape index (κ1) is 14.9. The van der Waals surface area contributed by atoms with Gasteiger partial charge in [-0.05, 0) is 0 Å². The highest BCUT2D eigenvalue weighted by molar-refractivity contribution is 5.92. The van der Waals surface area contributed by atoms with E-state index in [9.17, 15) is 0 Å². The van der Waals surface area contributed by atoms with Crippen LogP contribution in [0.3, 0.4) is 0 Å². The van der Waals surface area contributed by atoms with Gasteiger partial charge in [-0.15, -0.1) is 12.4 Å². The van der Waals surface area contributed by atoms with E-state index in [0.29, 0.717) is 6.54 Å². The van der Waals surface area contributed by atoms with Crippen molar-refractivity contribution in [3.05, 3.63) is 0 Å². The maximum Gasteiger partial charge on any atom is 0.218 e. The van der Waals surface area contributed by atoms with Gasteiger partial charge in [-0.1, -0.05) is 0 Å². The minimum atomic E-state index is -0.0670. The van der Waals surface area contributed by atoms with Gasteiger partial charge in [-0.3, -0.25) is 9.89 Å². The molecule has 0 unspecified atom stereocenters. The quantitative estimate of drug-likeness (QED) is 0.409. The fourth-order valence-corrected chi connectivity index (χ4v) is 1.30. The van der Waals surface area contributed by atoms with E-state index in [4.69, 9.17) is 21.9 Å². The molecule has 0 aromatic heterocycles. The Hall–Kier alpha value is -1.05. The van der Waals surface area contributed by atoms with E-state index in [1.807, 2.05) is 0 Å². The molecule has 1 fully saturated rings. The Balaban J connectivity index is 0.00000225. The molecule has 1 heterocycles. The highest BCUT2D eigenvalue weighted by Crippen LogP contribution is 1.95. The summed E-state index contributed by atoms with van der Waals surface area (Å²) in [7, 11) is 0. The van der Waals surface area contributed by atoms with Crippen LogP contribution < -0.4 is 17.2 Å². The number of rotatable bonds is 3.